The van der Waals surface area contributed by atoms with Gasteiger partial charge in [0.1, 0.15) is 11.5 Å². The number of rotatable bonds is 5. The summed E-state index contributed by atoms with van der Waals surface area (Å²) in [6.07, 6.45) is 1.65. The highest BCUT2D eigenvalue weighted by Gasteiger charge is 2.11. The molecule has 1 atom stereocenters. The van der Waals surface area contributed by atoms with E-state index in [0.29, 0.717) is 13.1 Å². The van der Waals surface area contributed by atoms with Crippen LogP contribution in [0.3, 0.4) is 0 Å². The van der Waals surface area contributed by atoms with E-state index < -0.39 is 10.8 Å². The zero-order valence-corrected chi connectivity index (χ0v) is 14.7. The van der Waals surface area contributed by atoms with Crippen LogP contribution in [0.15, 0.2) is 39.6 Å². The molecular weight excluding hydrogens is 312 g/mol. The van der Waals surface area contributed by atoms with E-state index in [1.54, 1.807) is 18.2 Å². The lowest BCUT2D eigenvalue weighted by atomic mass is 10.2. The number of hydrogen-bond donors (Lipinski definition) is 1. The standard InChI is InChI=1S/C17H22N2O3S/c1-12-9-15(13(2)22-12)10-18-17(20)19(3)11-14-5-7-16(8-6-14)23(4)21/h5-9H,10-11H2,1-4H3,(H,18,20)/t23-/m1/s1. The van der Waals surface area contributed by atoms with Gasteiger partial charge >= 0.3 is 6.03 Å². The molecule has 1 heterocycles. The monoisotopic (exact) mass is 334 g/mol. The number of amides is 2. The summed E-state index contributed by atoms with van der Waals surface area (Å²) >= 11 is 0. The average molecular weight is 334 g/mol. The van der Waals surface area contributed by atoms with Crippen molar-refractivity contribution in [2.45, 2.75) is 31.8 Å². The van der Waals surface area contributed by atoms with E-state index in [9.17, 15) is 9.00 Å². The number of benzene rings is 1. The van der Waals surface area contributed by atoms with Crippen LogP contribution in [-0.4, -0.2) is 28.4 Å². The van der Waals surface area contributed by atoms with Crippen molar-refractivity contribution in [2.24, 2.45) is 0 Å². The summed E-state index contributed by atoms with van der Waals surface area (Å²) in [6, 6.07) is 9.23. The van der Waals surface area contributed by atoms with Crippen molar-refractivity contribution in [3.63, 3.8) is 0 Å². The van der Waals surface area contributed by atoms with E-state index in [1.165, 1.54) is 0 Å². The van der Waals surface area contributed by atoms with Gasteiger partial charge in [0, 0.05) is 47.7 Å². The SMILES string of the molecule is Cc1cc(CNC(=O)N(C)Cc2ccc([S@@](C)=O)cc2)c(C)o1. The minimum atomic E-state index is -0.985. The molecule has 5 nitrogen and oxygen atoms in total. The summed E-state index contributed by atoms with van der Waals surface area (Å²) in [5, 5.41) is 2.88. The van der Waals surface area contributed by atoms with Crippen LogP contribution >= 0.6 is 0 Å². The highest BCUT2D eigenvalue weighted by Crippen LogP contribution is 2.13. The number of nitrogens with zero attached hydrogens (tertiary/aromatic N) is 1. The van der Waals surface area contributed by atoms with E-state index in [-0.39, 0.29) is 6.03 Å². The number of aryl methyl sites for hydroxylation is 2. The van der Waals surface area contributed by atoms with Crippen LogP contribution < -0.4 is 5.32 Å². The molecule has 2 aromatic rings. The van der Waals surface area contributed by atoms with Crippen molar-refractivity contribution in [3.05, 3.63) is 53.0 Å². The quantitative estimate of drug-likeness (QED) is 0.914. The molecule has 0 saturated heterocycles. The van der Waals surface area contributed by atoms with Crippen molar-refractivity contribution in [3.8, 4) is 0 Å². The Bertz CT molecular complexity index is 707. The van der Waals surface area contributed by atoms with Gasteiger partial charge in [0.25, 0.3) is 0 Å². The van der Waals surface area contributed by atoms with Gasteiger partial charge in [-0.1, -0.05) is 12.1 Å². The summed E-state index contributed by atoms with van der Waals surface area (Å²) in [5.74, 6) is 1.67. The molecule has 2 amide bonds. The Labute approximate surface area is 139 Å². The number of furan rings is 1. The van der Waals surface area contributed by atoms with E-state index in [1.807, 2.05) is 44.2 Å². The molecule has 0 unspecified atom stereocenters. The smallest absolute Gasteiger partial charge is 0.317 e. The predicted octanol–water partition coefficient (Wildman–Crippen LogP) is 2.98. The van der Waals surface area contributed by atoms with E-state index >= 15 is 0 Å². The number of urea groups is 1. The van der Waals surface area contributed by atoms with Gasteiger partial charge in [-0.25, -0.2) is 4.79 Å². The van der Waals surface area contributed by atoms with Crippen molar-refractivity contribution >= 4 is 16.8 Å². The van der Waals surface area contributed by atoms with Crippen LogP contribution in [-0.2, 0) is 23.9 Å². The van der Waals surface area contributed by atoms with Crippen molar-refractivity contribution in [1.29, 1.82) is 0 Å². The molecule has 124 valence electrons. The molecule has 0 spiro atoms. The minimum absolute atomic E-state index is 0.147. The maximum absolute atomic E-state index is 12.1. The zero-order chi connectivity index (χ0) is 17.0. The Hall–Kier alpha value is -2.08. The molecule has 0 aliphatic heterocycles. The Balaban J connectivity index is 1.89. The molecular formula is C17H22N2O3S. The van der Waals surface area contributed by atoms with Gasteiger partial charge in [0.05, 0.1) is 0 Å². The fraction of sp³-hybridized carbons (Fsp3) is 0.353. The Morgan fingerprint density at radius 2 is 1.91 bits per heavy atom. The fourth-order valence-corrected chi connectivity index (χ4v) is 2.82. The largest absolute Gasteiger partial charge is 0.466 e. The second-order valence-electron chi connectivity index (χ2n) is 5.55. The number of carbonyl (C=O) groups excluding carboxylic acids is 1. The van der Waals surface area contributed by atoms with Crippen LogP contribution in [0.5, 0.6) is 0 Å². The molecule has 0 aliphatic carbocycles. The normalized spacial score (nSPS) is 12.0. The first-order valence-corrected chi connectivity index (χ1v) is 8.90. The third kappa shape index (κ3) is 4.69. The minimum Gasteiger partial charge on any atom is -0.466 e. The maximum Gasteiger partial charge on any atom is 0.317 e. The molecule has 1 aromatic heterocycles. The lowest BCUT2D eigenvalue weighted by Gasteiger charge is -2.18. The highest BCUT2D eigenvalue weighted by molar-refractivity contribution is 7.84. The van der Waals surface area contributed by atoms with Crippen molar-refractivity contribution < 1.29 is 13.4 Å². The molecule has 2 rings (SSSR count). The first-order chi connectivity index (χ1) is 10.9. The highest BCUT2D eigenvalue weighted by atomic mass is 32.2. The Morgan fingerprint density at radius 3 is 2.43 bits per heavy atom. The lowest BCUT2D eigenvalue weighted by molar-refractivity contribution is 0.206. The van der Waals surface area contributed by atoms with Crippen LogP contribution in [0.4, 0.5) is 4.79 Å². The molecule has 0 saturated carbocycles. The molecule has 0 bridgehead atoms. The maximum atomic E-state index is 12.1. The third-order valence-electron chi connectivity index (χ3n) is 3.60. The number of nitrogens with one attached hydrogen (secondary N) is 1. The molecule has 0 aliphatic rings. The third-order valence-corrected chi connectivity index (χ3v) is 4.53. The Kier molecular flexibility index (Phi) is 5.60. The first-order valence-electron chi connectivity index (χ1n) is 7.34. The molecule has 1 aromatic carbocycles. The number of carbonyl (C=O) groups is 1. The van der Waals surface area contributed by atoms with Gasteiger partial charge in [-0.2, -0.15) is 0 Å². The summed E-state index contributed by atoms with van der Waals surface area (Å²) in [4.78, 5) is 14.5. The summed E-state index contributed by atoms with van der Waals surface area (Å²) in [7, 11) is 0.760. The van der Waals surface area contributed by atoms with Gasteiger partial charge < -0.3 is 14.6 Å². The summed E-state index contributed by atoms with van der Waals surface area (Å²) in [6.45, 7) is 4.71. The van der Waals surface area contributed by atoms with Crippen LogP contribution in [0.1, 0.15) is 22.6 Å². The van der Waals surface area contributed by atoms with Crippen molar-refractivity contribution in [2.75, 3.05) is 13.3 Å². The van der Waals surface area contributed by atoms with Crippen LogP contribution in [0.25, 0.3) is 0 Å². The van der Waals surface area contributed by atoms with Gasteiger partial charge in [0.2, 0.25) is 0 Å². The molecule has 0 fully saturated rings. The van der Waals surface area contributed by atoms with Gasteiger partial charge in [-0.3, -0.25) is 4.21 Å². The fourth-order valence-electron chi connectivity index (χ4n) is 2.30. The summed E-state index contributed by atoms with van der Waals surface area (Å²) < 4.78 is 16.8. The molecule has 6 heteroatoms. The molecule has 0 radical (unpaired) electrons. The average Bonchev–Trinajstić information content (AvgIpc) is 2.83. The van der Waals surface area contributed by atoms with Crippen LogP contribution in [0.2, 0.25) is 0 Å². The van der Waals surface area contributed by atoms with Gasteiger partial charge in [-0.05, 0) is 37.6 Å². The molecule has 1 N–H and O–H groups in total. The predicted molar refractivity (Wildman–Crippen MR) is 90.7 cm³/mol. The lowest BCUT2D eigenvalue weighted by Crippen LogP contribution is -2.36. The molecule has 23 heavy (non-hydrogen) atoms. The summed E-state index contributed by atoms with van der Waals surface area (Å²) in [5.41, 5.74) is 1.98. The second kappa shape index (κ2) is 7.46. The van der Waals surface area contributed by atoms with Crippen molar-refractivity contribution in [1.82, 2.24) is 10.2 Å². The Morgan fingerprint density at radius 1 is 1.26 bits per heavy atom. The van der Waals surface area contributed by atoms with E-state index in [2.05, 4.69) is 5.32 Å². The number of hydrogen-bond acceptors (Lipinski definition) is 3. The van der Waals surface area contributed by atoms with E-state index in [4.69, 9.17) is 4.42 Å². The second-order valence-corrected chi connectivity index (χ2v) is 6.93. The van der Waals surface area contributed by atoms with E-state index in [0.717, 1.165) is 27.5 Å². The first kappa shape index (κ1) is 17.3. The van der Waals surface area contributed by atoms with Gasteiger partial charge in [-0.15, -0.1) is 0 Å². The van der Waals surface area contributed by atoms with Gasteiger partial charge in [0.15, 0.2) is 0 Å². The van der Waals surface area contributed by atoms with Crippen LogP contribution in [0, 0.1) is 13.8 Å². The topological polar surface area (TPSA) is 62.6 Å². The zero-order valence-electron chi connectivity index (χ0n) is 13.9.